The number of hydrogen-bond acceptors (Lipinski definition) is 2. The normalized spacial score (nSPS) is 13.8. The Balaban J connectivity index is 2.73. The first-order valence-electron chi connectivity index (χ1n) is 7.17. The van der Waals surface area contributed by atoms with Gasteiger partial charge in [-0.3, -0.25) is 0 Å². The molecule has 108 valence electrons. The Morgan fingerprint density at radius 1 is 1.11 bits per heavy atom. The second-order valence-electron chi connectivity index (χ2n) is 6.53. The van der Waals surface area contributed by atoms with E-state index in [9.17, 15) is 0 Å². The molecular formula is C16H28O2Si. The molecule has 1 atom stereocenters. The van der Waals surface area contributed by atoms with Gasteiger partial charge in [0, 0.05) is 6.61 Å². The van der Waals surface area contributed by atoms with Crippen LogP contribution in [0.5, 0.6) is 0 Å². The van der Waals surface area contributed by atoms with Gasteiger partial charge in [0.05, 0.1) is 6.10 Å². The largest absolute Gasteiger partial charge is 0.417 e. The van der Waals surface area contributed by atoms with Crippen LogP contribution in [0.3, 0.4) is 0 Å². The highest BCUT2D eigenvalue weighted by Gasteiger charge is 2.26. The molecule has 0 aliphatic carbocycles. The predicted octanol–water partition coefficient (Wildman–Crippen LogP) is 3.18. The molecule has 0 bridgehead atoms. The van der Waals surface area contributed by atoms with Gasteiger partial charge >= 0.3 is 0 Å². The van der Waals surface area contributed by atoms with Crippen LogP contribution < -0.4 is 0 Å². The van der Waals surface area contributed by atoms with Crippen molar-refractivity contribution in [1.29, 1.82) is 0 Å². The Morgan fingerprint density at radius 3 is 2.05 bits per heavy atom. The van der Waals surface area contributed by atoms with E-state index in [0.29, 0.717) is 0 Å². The summed E-state index contributed by atoms with van der Waals surface area (Å²) in [6, 6.07) is 8.54. The Bertz CT molecular complexity index is 365. The Kier molecular flexibility index (Phi) is 6.24. The van der Waals surface area contributed by atoms with E-state index in [2.05, 4.69) is 58.1 Å². The maximum Gasteiger partial charge on any atom is 0.171 e. The van der Waals surface area contributed by atoms with Crippen molar-refractivity contribution in [3.05, 3.63) is 35.4 Å². The average Bonchev–Trinajstić information content (AvgIpc) is 2.29. The van der Waals surface area contributed by atoms with Crippen LogP contribution in [0.2, 0.25) is 13.1 Å². The molecule has 0 spiro atoms. The lowest BCUT2D eigenvalue weighted by Gasteiger charge is -2.32. The molecule has 0 aromatic heterocycles. The molecule has 3 heteroatoms. The van der Waals surface area contributed by atoms with E-state index in [0.717, 1.165) is 12.8 Å². The Labute approximate surface area is 119 Å². The molecule has 0 fully saturated rings. The number of benzene rings is 1. The van der Waals surface area contributed by atoms with Crippen molar-refractivity contribution in [2.45, 2.75) is 52.8 Å². The SMILES string of the molecule is C[SiH](C)OC(Cc1ccc(CCO)cc1)C(C)(C)C. The fourth-order valence-corrected chi connectivity index (χ4v) is 3.23. The highest BCUT2D eigenvalue weighted by atomic mass is 28.3. The summed E-state index contributed by atoms with van der Waals surface area (Å²) in [5.74, 6) is 0. The van der Waals surface area contributed by atoms with E-state index >= 15 is 0 Å². The van der Waals surface area contributed by atoms with Crippen molar-refractivity contribution in [3.63, 3.8) is 0 Å². The minimum atomic E-state index is -1.02. The summed E-state index contributed by atoms with van der Waals surface area (Å²) < 4.78 is 6.20. The average molecular weight is 280 g/mol. The molecule has 19 heavy (non-hydrogen) atoms. The molecule has 0 amide bonds. The molecule has 1 unspecified atom stereocenters. The van der Waals surface area contributed by atoms with Crippen LogP contribution in [0.4, 0.5) is 0 Å². The number of aliphatic hydroxyl groups excluding tert-OH is 1. The van der Waals surface area contributed by atoms with Crippen LogP contribution in [-0.2, 0) is 17.3 Å². The molecule has 0 saturated carbocycles. The van der Waals surface area contributed by atoms with Crippen molar-refractivity contribution in [2.75, 3.05) is 6.61 Å². The van der Waals surface area contributed by atoms with Gasteiger partial charge in [0.15, 0.2) is 9.04 Å². The zero-order valence-corrected chi connectivity index (χ0v) is 14.1. The molecule has 1 rings (SSSR count). The first-order valence-corrected chi connectivity index (χ1v) is 9.95. The third kappa shape index (κ3) is 5.89. The molecule has 0 radical (unpaired) electrons. The zero-order valence-electron chi connectivity index (χ0n) is 12.9. The Morgan fingerprint density at radius 2 is 1.63 bits per heavy atom. The van der Waals surface area contributed by atoms with E-state index in [1.54, 1.807) is 0 Å². The topological polar surface area (TPSA) is 29.5 Å². The fourth-order valence-electron chi connectivity index (χ4n) is 2.07. The van der Waals surface area contributed by atoms with Gasteiger partial charge in [-0.05, 0) is 42.5 Å². The third-order valence-electron chi connectivity index (χ3n) is 3.25. The quantitative estimate of drug-likeness (QED) is 0.811. The standard InChI is InChI=1S/C16H28O2Si/c1-16(2,3)15(18-19(4)5)12-14-8-6-13(7-9-14)10-11-17/h6-9,15,17,19H,10-12H2,1-5H3. The minimum absolute atomic E-state index is 0.168. The summed E-state index contributed by atoms with van der Waals surface area (Å²) in [5.41, 5.74) is 2.68. The number of aliphatic hydroxyl groups is 1. The van der Waals surface area contributed by atoms with Crippen LogP contribution in [-0.4, -0.2) is 26.9 Å². The zero-order chi connectivity index (χ0) is 14.5. The summed E-state index contributed by atoms with van der Waals surface area (Å²) in [5, 5.41) is 8.92. The van der Waals surface area contributed by atoms with Gasteiger partial charge < -0.3 is 9.53 Å². The first-order chi connectivity index (χ1) is 8.82. The van der Waals surface area contributed by atoms with Gasteiger partial charge in [-0.15, -0.1) is 0 Å². The summed E-state index contributed by atoms with van der Waals surface area (Å²) >= 11 is 0. The second-order valence-corrected chi connectivity index (χ2v) is 8.90. The highest BCUT2D eigenvalue weighted by molar-refractivity contribution is 6.48. The lowest BCUT2D eigenvalue weighted by atomic mass is 9.85. The molecule has 1 N–H and O–H groups in total. The van der Waals surface area contributed by atoms with Gasteiger partial charge in [0.25, 0.3) is 0 Å². The van der Waals surface area contributed by atoms with Gasteiger partial charge in [-0.2, -0.15) is 0 Å². The number of hydrogen-bond donors (Lipinski definition) is 1. The molecule has 0 saturated heterocycles. The molecular weight excluding hydrogens is 252 g/mol. The van der Waals surface area contributed by atoms with Gasteiger partial charge in [0.1, 0.15) is 0 Å². The summed E-state index contributed by atoms with van der Waals surface area (Å²) in [6.07, 6.45) is 1.98. The minimum Gasteiger partial charge on any atom is -0.417 e. The molecule has 2 nitrogen and oxygen atoms in total. The van der Waals surface area contributed by atoms with Crippen LogP contribution in [0, 0.1) is 5.41 Å². The maximum atomic E-state index is 8.92. The van der Waals surface area contributed by atoms with Gasteiger partial charge in [0.2, 0.25) is 0 Å². The van der Waals surface area contributed by atoms with Crippen LogP contribution >= 0.6 is 0 Å². The molecule has 1 aromatic rings. The lowest BCUT2D eigenvalue weighted by molar-refractivity contribution is 0.0867. The second kappa shape index (κ2) is 7.22. The van der Waals surface area contributed by atoms with Crippen molar-refractivity contribution < 1.29 is 9.53 Å². The Hall–Kier alpha value is -0.643. The first kappa shape index (κ1) is 16.4. The monoisotopic (exact) mass is 280 g/mol. The summed E-state index contributed by atoms with van der Waals surface area (Å²) in [6.45, 7) is 11.4. The smallest absolute Gasteiger partial charge is 0.171 e. The third-order valence-corrected chi connectivity index (χ3v) is 4.12. The molecule has 0 aliphatic rings. The van der Waals surface area contributed by atoms with Gasteiger partial charge in [-0.25, -0.2) is 0 Å². The summed E-state index contributed by atoms with van der Waals surface area (Å²) in [4.78, 5) is 0. The molecule has 0 aliphatic heterocycles. The molecule has 1 aromatic carbocycles. The van der Waals surface area contributed by atoms with Crippen LogP contribution in [0.1, 0.15) is 31.9 Å². The van der Waals surface area contributed by atoms with Gasteiger partial charge in [-0.1, -0.05) is 45.0 Å². The van der Waals surface area contributed by atoms with Crippen molar-refractivity contribution >= 4 is 9.04 Å². The maximum absolute atomic E-state index is 8.92. The van der Waals surface area contributed by atoms with E-state index < -0.39 is 9.04 Å². The predicted molar refractivity (Wildman–Crippen MR) is 84.1 cm³/mol. The van der Waals surface area contributed by atoms with Crippen LogP contribution in [0.15, 0.2) is 24.3 Å². The van der Waals surface area contributed by atoms with Crippen molar-refractivity contribution in [3.8, 4) is 0 Å². The fraction of sp³-hybridized carbons (Fsp3) is 0.625. The van der Waals surface area contributed by atoms with Crippen LogP contribution in [0.25, 0.3) is 0 Å². The number of rotatable bonds is 6. The van der Waals surface area contributed by atoms with Crippen molar-refractivity contribution in [2.24, 2.45) is 5.41 Å². The highest BCUT2D eigenvalue weighted by Crippen LogP contribution is 2.26. The molecule has 0 heterocycles. The summed E-state index contributed by atoms with van der Waals surface area (Å²) in [7, 11) is -1.02. The van der Waals surface area contributed by atoms with E-state index in [4.69, 9.17) is 9.53 Å². The van der Waals surface area contributed by atoms with E-state index in [-0.39, 0.29) is 18.1 Å². The lowest BCUT2D eigenvalue weighted by Crippen LogP contribution is -2.35. The van der Waals surface area contributed by atoms with Crippen molar-refractivity contribution in [1.82, 2.24) is 0 Å². The van der Waals surface area contributed by atoms with E-state index in [1.807, 2.05) is 0 Å². The van der Waals surface area contributed by atoms with E-state index in [1.165, 1.54) is 11.1 Å².